The lowest BCUT2D eigenvalue weighted by Crippen LogP contribution is -2.10. The molecule has 0 fully saturated rings. The fourth-order valence-electron chi connectivity index (χ4n) is 2.43. The van der Waals surface area contributed by atoms with Crippen LogP contribution in [0.4, 0.5) is 5.82 Å². The molecule has 1 N–H and O–H groups in total. The predicted octanol–water partition coefficient (Wildman–Crippen LogP) is 3.86. The van der Waals surface area contributed by atoms with E-state index >= 15 is 0 Å². The number of hydrogen-bond acceptors (Lipinski definition) is 5. The van der Waals surface area contributed by atoms with E-state index in [1.165, 1.54) is 5.57 Å². The molecule has 5 nitrogen and oxygen atoms in total. The lowest BCUT2D eigenvalue weighted by atomic mass is 10.1. The molecule has 0 bridgehead atoms. The number of ether oxygens (including phenoxy) is 2. The number of benzene rings is 1. The molecule has 0 atom stereocenters. The van der Waals surface area contributed by atoms with Gasteiger partial charge in [-0.05, 0) is 30.5 Å². The third-order valence-electron chi connectivity index (χ3n) is 3.70. The van der Waals surface area contributed by atoms with Crippen LogP contribution in [-0.4, -0.2) is 29.7 Å². The van der Waals surface area contributed by atoms with Crippen LogP contribution in [0.15, 0.2) is 48.3 Å². The second-order valence-electron chi connectivity index (χ2n) is 5.53. The molecule has 0 unspecified atom stereocenters. The number of nitrogens with one attached hydrogen (secondary N) is 1. The van der Waals surface area contributed by atoms with E-state index < -0.39 is 0 Å². The summed E-state index contributed by atoms with van der Waals surface area (Å²) >= 11 is 5.97. The fourth-order valence-corrected chi connectivity index (χ4v) is 2.64. The maximum Gasteiger partial charge on any atom is 0.234 e. The van der Waals surface area contributed by atoms with Gasteiger partial charge in [0.05, 0.1) is 25.6 Å². The molecule has 1 aliphatic heterocycles. The minimum Gasteiger partial charge on any atom is -0.472 e. The van der Waals surface area contributed by atoms with E-state index in [2.05, 4.69) is 21.4 Å². The number of halogens is 1. The Kier molecular flexibility index (Phi) is 6.04. The quantitative estimate of drug-likeness (QED) is 0.772. The third kappa shape index (κ3) is 5.22. The van der Waals surface area contributed by atoms with Crippen LogP contribution in [0.25, 0.3) is 0 Å². The molecule has 0 saturated carbocycles. The van der Waals surface area contributed by atoms with E-state index in [9.17, 15) is 0 Å². The zero-order valence-corrected chi connectivity index (χ0v) is 14.1. The van der Waals surface area contributed by atoms with Gasteiger partial charge in [-0.3, -0.25) is 4.98 Å². The van der Waals surface area contributed by atoms with Gasteiger partial charge >= 0.3 is 0 Å². The van der Waals surface area contributed by atoms with E-state index in [0.29, 0.717) is 23.3 Å². The Hall–Kier alpha value is -2.11. The highest BCUT2D eigenvalue weighted by Crippen LogP contribution is 2.15. The zero-order valence-electron chi connectivity index (χ0n) is 13.4. The number of rotatable bonds is 7. The van der Waals surface area contributed by atoms with Crippen molar-refractivity contribution in [3.8, 4) is 5.88 Å². The molecular formula is C18H20ClN3O2. The van der Waals surface area contributed by atoms with Crippen molar-refractivity contribution in [2.45, 2.75) is 19.4 Å². The molecule has 2 aromatic rings. The van der Waals surface area contributed by atoms with Gasteiger partial charge in [-0.25, -0.2) is 0 Å². The van der Waals surface area contributed by atoms with Gasteiger partial charge in [-0.2, -0.15) is 4.98 Å². The minimum atomic E-state index is 0.408. The molecule has 0 saturated heterocycles. The van der Waals surface area contributed by atoms with E-state index in [4.69, 9.17) is 21.1 Å². The van der Waals surface area contributed by atoms with Crippen LogP contribution in [0, 0.1) is 0 Å². The summed E-state index contributed by atoms with van der Waals surface area (Å²) in [5.41, 5.74) is 2.42. The van der Waals surface area contributed by atoms with Crippen molar-refractivity contribution in [3.05, 3.63) is 58.9 Å². The molecule has 6 heteroatoms. The minimum absolute atomic E-state index is 0.408. The summed E-state index contributed by atoms with van der Waals surface area (Å²) in [6.45, 7) is 2.77. The van der Waals surface area contributed by atoms with Crippen LogP contribution in [0.2, 0.25) is 5.02 Å². The molecule has 0 spiro atoms. The van der Waals surface area contributed by atoms with Gasteiger partial charge in [-0.1, -0.05) is 35.4 Å². The van der Waals surface area contributed by atoms with Gasteiger partial charge in [0.15, 0.2) is 0 Å². The molecule has 1 aromatic heterocycles. The van der Waals surface area contributed by atoms with E-state index in [0.717, 1.165) is 38.2 Å². The van der Waals surface area contributed by atoms with Crippen molar-refractivity contribution in [2.24, 2.45) is 0 Å². The summed E-state index contributed by atoms with van der Waals surface area (Å²) in [6, 6.07) is 7.57. The third-order valence-corrected chi connectivity index (χ3v) is 3.93. The first-order valence-electron chi connectivity index (χ1n) is 7.98. The van der Waals surface area contributed by atoms with Crippen molar-refractivity contribution >= 4 is 17.4 Å². The smallest absolute Gasteiger partial charge is 0.234 e. The van der Waals surface area contributed by atoms with Crippen molar-refractivity contribution in [1.82, 2.24) is 9.97 Å². The molecule has 2 heterocycles. The summed E-state index contributed by atoms with van der Waals surface area (Å²) < 4.78 is 11.0. The SMILES string of the molecule is Clc1cccc(COc2cncc(NCCC3=CCOCC3)n2)c1. The predicted molar refractivity (Wildman–Crippen MR) is 94.4 cm³/mol. The molecule has 0 aliphatic carbocycles. The first kappa shape index (κ1) is 16.7. The number of hydrogen-bond donors (Lipinski definition) is 1. The molecule has 24 heavy (non-hydrogen) atoms. The second kappa shape index (κ2) is 8.66. The molecule has 0 radical (unpaired) electrons. The van der Waals surface area contributed by atoms with Gasteiger partial charge in [-0.15, -0.1) is 0 Å². The molecule has 1 aliphatic rings. The van der Waals surface area contributed by atoms with Gasteiger partial charge in [0, 0.05) is 11.6 Å². The number of aromatic nitrogens is 2. The molecule has 126 valence electrons. The Bertz CT molecular complexity index is 706. The van der Waals surface area contributed by atoms with Crippen LogP contribution in [-0.2, 0) is 11.3 Å². The number of anilines is 1. The lowest BCUT2D eigenvalue weighted by molar-refractivity contribution is 0.153. The van der Waals surface area contributed by atoms with Crippen LogP contribution in [0.1, 0.15) is 18.4 Å². The molecule has 1 aromatic carbocycles. The van der Waals surface area contributed by atoms with Crippen molar-refractivity contribution in [1.29, 1.82) is 0 Å². The van der Waals surface area contributed by atoms with Crippen LogP contribution >= 0.6 is 11.6 Å². The zero-order chi connectivity index (χ0) is 16.6. The first-order valence-corrected chi connectivity index (χ1v) is 8.36. The second-order valence-corrected chi connectivity index (χ2v) is 5.96. The Morgan fingerprint density at radius 3 is 3.08 bits per heavy atom. The maximum absolute atomic E-state index is 5.97. The first-order chi connectivity index (χ1) is 11.8. The van der Waals surface area contributed by atoms with Gasteiger partial charge in [0.2, 0.25) is 5.88 Å². The highest BCUT2D eigenvalue weighted by Gasteiger charge is 2.05. The Labute approximate surface area is 146 Å². The summed E-state index contributed by atoms with van der Waals surface area (Å²) in [4.78, 5) is 8.59. The molecule has 0 amide bonds. The average molecular weight is 346 g/mol. The fraction of sp³-hybridized carbons (Fsp3) is 0.333. The van der Waals surface area contributed by atoms with Crippen LogP contribution in [0.3, 0.4) is 0 Å². The van der Waals surface area contributed by atoms with E-state index in [-0.39, 0.29) is 0 Å². The van der Waals surface area contributed by atoms with Crippen LogP contribution < -0.4 is 10.1 Å². The Morgan fingerprint density at radius 2 is 2.25 bits per heavy atom. The standard InChI is InChI=1S/C18H20ClN3O2/c19-16-3-1-2-15(10-16)13-24-18-12-20-11-17(22-18)21-7-4-14-5-8-23-9-6-14/h1-3,5,10-12H,4,6-9,13H2,(H,21,22). The van der Waals surface area contributed by atoms with Crippen molar-refractivity contribution in [3.63, 3.8) is 0 Å². The maximum atomic E-state index is 5.97. The molecule has 3 rings (SSSR count). The van der Waals surface area contributed by atoms with E-state index in [1.807, 2.05) is 24.3 Å². The normalized spacial score (nSPS) is 14.1. The Balaban J connectivity index is 1.49. The summed E-state index contributed by atoms with van der Waals surface area (Å²) in [5, 5.41) is 3.98. The largest absolute Gasteiger partial charge is 0.472 e. The summed E-state index contributed by atoms with van der Waals surface area (Å²) in [6.07, 6.45) is 7.46. The number of nitrogens with zero attached hydrogens (tertiary/aromatic N) is 2. The van der Waals surface area contributed by atoms with Gasteiger partial charge < -0.3 is 14.8 Å². The summed E-state index contributed by atoms with van der Waals surface area (Å²) in [7, 11) is 0. The monoisotopic (exact) mass is 345 g/mol. The van der Waals surface area contributed by atoms with E-state index in [1.54, 1.807) is 12.4 Å². The highest BCUT2D eigenvalue weighted by molar-refractivity contribution is 6.30. The van der Waals surface area contributed by atoms with Crippen molar-refractivity contribution in [2.75, 3.05) is 25.1 Å². The Morgan fingerprint density at radius 1 is 1.29 bits per heavy atom. The van der Waals surface area contributed by atoms with Crippen LogP contribution in [0.5, 0.6) is 5.88 Å². The summed E-state index contributed by atoms with van der Waals surface area (Å²) in [5.74, 6) is 1.21. The van der Waals surface area contributed by atoms with Gasteiger partial charge in [0.25, 0.3) is 0 Å². The lowest BCUT2D eigenvalue weighted by Gasteiger charge is -2.14. The highest BCUT2D eigenvalue weighted by atomic mass is 35.5. The topological polar surface area (TPSA) is 56.3 Å². The van der Waals surface area contributed by atoms with Crippen molar-refractivity contribution < 1.29 is 9.47 Å². The molecular weight excluding hydrogens is 326 g/mol. The van der Waals surface area contributed by atoms with Gasteiger partial charge in [0.1, 0.15) is 12.4 Å². The average Bonchev–Trinajstić information content (AvgIpc) is 2.61.